The summed E-state index contributed by atoms with van der Waals surface area (Å²) in [7, 11) is 1.30. The molecule has 1 heterocycles. The van der Waals surface area contributed by atoms with Gasteiger partial charge >= 0.3 is 6.18 Å². The molecule has 1 aliphatic heterocycles. The highest BCUT2D eigenvalue weighted by molar-refractivity contribution is 6.31. The molecule has 7 heteroatoms. The lowest BCUT2D eigenvalue weighted by atomic mass is 9.95. The Kier molecular flexibility index (Phi) is 3.30. The van der Waals surface area contributed by atoms with Crippen molar-refractivity contribution >= 4 is 23.4 Å². The van der Waals surface area contributed by atoms with Gasteiger partial charge in [-0.1, -0.05) is 11.6 Å². The molecule has 0 bridgehead atoms. The number of amides is 2. The van der Waals surface area contributed by atoms with Gasteiger partial charge in [-0.25, -0.2) is 0 Å². The van der Waals surface area contributed by atoms with E-state index in [2.05, 4.69) is 0 Å². The fraction of sp³-hybridized carbons (Fsp3) is 0.333. The van der Waals surface area contributed by atoms with Crippen LogP contribution < -0.4 is 0 Å². The lowest BCUT2D eigenvalue weighted by molar-refractivity contribution is -0.139. The summed E-state index contributed by atoms with van der Waals surface area (Å²) >= 11 is 5.84. The maximum Gasteiger partial charge on any atom is 0.416 e. The van der Waals surface area contributed by atoms with E-state index in [0.717, 1.165) is 23.1 Å². The number of alkyl halides is 3. The minimum absolute atomic E-state index is 0.0409. The zero-order valence-electron chi connectivity index (χ0n) is 9.79. The predicted molar refractivity (Wildman–Crippen MR) is 61.6 cm³/mol. The number of nitrogens with zero attached hydrogens (tertiary/aromatic N) is 1. The molecule has 1 atom stereocenters. The summed E-state index contributed by atoms with van der Waals surface area (Å²) in [5.41, 5.74) is -0.846. The van der Waals surface area contributed by atoms with Gasteiger partial charge in [0, 0.05) is 18.5 Å². The van der Waals surface area contributed by atoms with E-state index in [9.17, 15) is 22.8 Å². The maximum absolute atomic E-state index is 12.6. The molecule has 19 heavy (non-hydrogen) atoms. The highest BCUT2D eigenvalue weighted by Gasteiger charge is 2.39. The third-order valence-electron chi connectivity index (χ3n) is 3.08. The number of likely N-dealkylation sites (tertiary alicyclic amines) is 1. The van der Waals surface area contributed by atoms with Crippen LogP contribution in [-0.4, -0.2) is 23.8 Å². The summed E-state index contributed by atoms with van der Waals surface area (Å²) in [6.07, 6.45) is -4.67. The number of carbonyl (C=O) groups excluding carboxylic acids is 2. The molecule has 2 amide bonds. The van der Waals surface area contributed by atoms with Crippen molar-refractivity contribution in [3.63, 3.8) is 0 Å². The van der Waals surface area contributed by atoms with E-state index in [1.165, 1.54) is 7.05 Å². The smallest absolute Gasteiger partial charge is 0.285 e. The lowest BCUT2D eigenvalue weighted by Gasteiger charge is -2.14. The molecule has 0 radical (unpaired) electrons. The van der Waals surface area contributed by atoms with Crippen LogP contribution >= 0.6 is 11.6 Å². The van der Waals surface area contributed by atoms with Gasteiger partial charge in [0.05, 0.1) is 11.5 Å². The second-order valence-corrected chi connectivity index (χ2v) is 4.69. The van der Waals surface area contributed by atoms with Gasteiger partial charge in [-0.05, 0) is 23.8 Å². The zero-order chi connectivity index (χ0) is 14.4. The van der Waals surface area contributed by atoms with Crippen LogP contribution in [0.2, 0.25) is 5.02 Å². The molecule has 1 unspecified atom stereocenters. The van der Waals surface area contributed by atoms with Gasteiger partial charge in [0.25, 0.3) is 0 Å². The van der Waals surface area contributed by atoms with Crippen molar-refractivity contribution in [3.8, 4) is 0 Å². The molecule has 0 N–H and O–H groups in total. The number of halogens is 4. The summed E-state index contributed by atoms with van der Waals surface area (Å²) < 4.78 is 37.9. The third kappa shape index (κ3) is 2.45. The van der Waals surface area contributed by atoms with Crippen LogP contribution in [0.4, 0.5) is 13.2 Å². The van der Waals surface area contributed by atoms with Crippen LogP contribution in [0.25, 0.3) is 0 Å². The van der Waals surface area contributed by atoms with Crippen LogP contribution in [0.1, 0.15) is 23.5 Å². The van der Waals surface area contributed by atoms with Gasteiger partial charge in [0.1, 0.15) is 0 Å². The molecule has 102 valence electrons. The minimum Gasteiger partial charge on any atom is -0.285 e. The van der Waals surface area contributed by atoms with Crippen LogP contribution in [0.15, 0.2) is 18.2 Å². The summed E-state index contributed by atoms with van der Waals surface area (Å²) in [6.45, 7) is 0. The Balaban J connectivity index is 2.46. The summed E-state index contributed by atoms with van der Waals surface area (Å²) in [4.78, 5) is 24.1. The topological polar surface area (TPSA) is 37.4 Å². The van der Waals surface area contributed by atoms with Gasteiger partial charge < -0.3 is 0 Å². The van der Waals surface area contributed by atoms with E-state index < -0.39 is 29.5 Å². The number of carbonyl (C=O) groups is 2. The predicted octanol–water partition coefficient (Wildman–Crippen LogP) is 2.83. The van der Waals surface area contributed by atoms with Crippen molar-refractivity contribution in [1.82, 2.24) is 4.90 Å². The first-order chi connectivity index (χ1) is 8.71. The largest absolute Gasteiger partial charge is 0.416 e. The SMILES string of the molecule is CN1C(=O)CC(c2cc(C(F)(F)F)ccc2Cl)C1=O. The molecule has 1 aromatic carbocycles. The molecule has 3 nitrogen and oxygen atoms in total. The number of imide groups is 1. The Morgan fingerprint density at radius 1 is 1.32 bits per heavy atom. The zero-order valence-corrected chi connectivity index (χ0v) is 10.5. The summed E-state index contributed by atoms with van der Waals surface area (Å²) in [6, 6.07) is 2.77. The Labute approximate surface area is 111 Å². The average molecular weight is 292 g/mol. The van der Waals surface area contributed by atoms with E-state index in [0.29, 0.717) is 0 Å². The normalized spacial score (nSPS) is 20.3. The summed E-state index contributed by atoms with van der Waals surface area (Å²) in [5, 5.41) is 0.0504. The molecule has 0 spiro atoms. The molecule has 1 aromatic rings. The highest BCUT2D eigenvalue weighted by atomic mass is 35.5. The Morgan fingerprint density at radius 3 is 2.42 bits per heavy atom. The first-order valence-electron chi connectivity index (χ1n) is 5.39. The van der Waals surface area contributed by atoms with Crippen LogP contribution in [0, 0.1) is 0 Å². The molecule has 0 saturated carbocycles. The Morgan fingerprint density at radius 2 is 1.95 bits per heavy atom. The first-order valence-corrected chi connectivity index (χ1v) is 5.76. The van der Waals surface area contributed by atoms with Crippen LogP contribution in [-0.2, 0) is 15.8 Å². The number of hydrogen-bond donors (Lipinski definition) is 0. The van der Waals surface area contributed by atoms with Crippen LogP contribution in [0.3, 0.4) is 0 Å². The van der Waals surface area contributed by atoms with E-state index in [-0.39, 0.29) is 17.0 Å². The van der Waals surface area contributed by atoms with Gasteiger partial charge in [-0.3, -0.25) is 14.5 Å². The summed E-state index contributed by atoms with van der Waals surface area (Å²) in [5.74, 6) is -1.90. The van der Waals surface area contributed by atoms with Crippen molar-refractivity contribution in [3.05, 3.63) is 34.3 Å². The maximum atomic E-state index is 12.6. The van der Waals surface area contributed by atoms with E-state index in [1.54, 1.807) is 0 Å². The molecule has 0 aromatic heterocycles. The third-order valence-corrected chi connectivity index (χ3v) is 3.42. The van der Waals surface area contributed by atoms with Crippen molar-refractivity contribution in [1.29, 1.82) is 0 Å². The molecular weight excluding hydrogens is 283 g/mol. The van der Waals surface area contributed by atoms with Crippen molar-refractivity contribution in [2.24, 2.45) is 0 Å². The molecule has 1 saturated heterocycles. The number of hydrogen-bond acceptors (Lipinski definition) is 2. The monoisotopic (exact) mass is 291 g/mol. The highest BCUT2D eigenvalue weighted by Crippen LogP contribution is 2.37. The number of rotatable bonds is 1. The molecule has 0 aliphatic carbocycles. The van der Waals surface area contributed by atoms with E-state index >= 15 is 0 Å². The van der Waals surface area contributed by atoms with Crippen molar-refractivity contribution in [2.45, 2.75) is 18.5 Å². The second-order valence-electron chi connectivity index (χ2n) is 4.28. The molecule has 1 aliphatic rings. The van der Waals surface area contributed by atoms with Gasteiger partial charge in [-0.15, -0.1) is 0 Å². The second kappa shape index (κ2) is 4.52. The van der Waals surface area contributed by atoms with Gasteiger partial charge in [0.15, 0.2) is 0 Å². The first kappa shape index (κ1) is 13.9. The minimum atomic E-state index is -4.52. The van der Waals surface area contributed by atoms with Crippen LogP contribution in [0.5, 0.6) is 0 Å². The fourth-order valence-electron chi connectivity index (χ4n) is 1.99. The van der Waals surface area contributed by atoms with Crippen molar-refractivity contribution in [2.75, 3.05) is 7.05 Å². The van der Waals surface area contributed by atoms with Gasteiger partial charge in [0.2, 0.25) is 11.8 Å². The quantitative estimate of drug-likeness (QED) is 0.746. The van der Waals surface area contributed by atoms with E-state index in [4.69, 9.17) is 11.6 Å². The van der Waals surface area contributed by atoms with Gasteiger partial charge in [-0.2, -0.15) is 13.2 Å². The average Bonchev–Trinajstić information content (AvgIpc) is 2.56. The Hall–Kier alpha value is -1.56. The molecular formula is C12H9ClF3NO2. The van der Waals surface area contributed by atoms with Crippen molar-refractivity contribution < 1.29 is 22.8 Å². The standard InChI is InChI=1S/C12H9ClF3NO2/c1-17-10(18)5-8(11(17)19)7-4-6(12(14,15)16)2-3-9(7)13/h2-4,8H,5H2,1H3. The van der Waals surface area contributed by atoms with E-state index in [1.807, 2.05) is 0 Å². The molecule has 2 rings (SSSR count). The fourth-order valence-corrected chi connectivity index (χ4v) is 2.23. The molecule has 1 fully saturated rings. The number of likely N-dealkylation sites (N-methyl/N-ethyl adjacent to an activating group) is 1. The lowest BCUT2D eigenvalue weighted by Crippen LogP contribution is -2.25. The number of benzene rings is 1. The Bertz CT molecular complexity index is 556.